The number of fused-ring (bicyclic) bond motifs is 6. The fraction of sp³-hybridized carbons (Fsp3) is 0. The molecule has 0 radical (unpaired) electrons. The Hall–Kier alpha value is -8.22. The van der Waals surface area contributed by atoms with Crippen LogP contribution in [0, 0.1) is 0 Å². The van der Waals surface area contributed by atoms with E-state index >= 15 is 0 Å². The first-order chi connectivity index (χ1) is 29.7. The van der Waals surface area contributed by atoms with E-state index in [1.807, 2.05) is 55.0 Å². The molecule has 0 amide bonds. The van der Waals surface area contributed by atoms with E-state index in [9.17, 15) is 0 Å². The van der Waals surface area contributed by atoms with E-state index in [1.54, 1.807) is 0 Å². The molecule has 0 saturated carbocycles. The van der Waals surface area contributed by atoms with Crippen molar-refractivity contribution < 1.29 is 0 Å². The quantitative estimate of drug-likeness (QED) is 0.162. The van der Waals surface area contributed by atoms with Gasteiger partial charge in [-0.1, -0.05) is 121 Å². The second kappa shape index (κ2) is 13.7. The minimum atomic E-state index is 0.560. The summed E-state index contributed by atoms with van der Waals surface area (Å²) in [5.41, 5.74) is 9.59. The van der Waals surface area contributed by atoms with Gasteiger partial charge in [0.15, 0.2) is 17.5 Å². The highest BCUT2D eigenvalue weighted by Crippen LogP contribution is 2.43. The predicted octanol–water partition coefficient (Wildman–Crippen LogP) is 13.3. The third-order valence-corrected chi connectivity index (χ3v) is 11.5. The Morgan fingerprint density at radius 2 is 0.700 bits per heavy atom. The van der Waals surface area contributed by atoms with Gasteiger partial charge in [-0.05, 0) is 109 Å². The van der Waals surface area contributed by atoms with Crippen molar-refractivity contribution in [3.8, 4) is 56.4 Å². The Morgan fingerprint density at radius 3 is 1.32 bits per heavy atom. The number of hydrogen-bond acceptors (Lipinski definition) is 6. The molecule has 0 aliphatic carbocycles. The first-order valence-corrected chi connectivity index (χ1v) is 20.0. The Balaban J connectivity index is 1.22. The predicted molar refractivity (Wildman–Crippen MR) is 245 cm³/mol. The van der Waals surface area contributed by atoms with Crippen molar-refractivity contribution in [2.75, 3.05) is 0 Å². The molecule has 0 aliphatic rings. The van der Waals surface area contributed by atoms with Gasteiger partial charge in [0.05, 0.1) is 22.1 Å². The van der Waals surface area contributed by atoms with E-state index in [4.69, 9.17) is 29.9 Å². The molecular formula is C54H32N6. The van der Waals surface area contributed by atoms with Crippen LogP contribution in [0.4, 0.5) is 0 Å². The standard InChI is InChI=1S/C54H32N6/c1-2-13-33(14-3-1)52-58-53(60-54(59-52)50-43-21-9-4-15-34(43)27-37-18-10-26-57-51(37)50)40-29-38(48-41-19-7-5-16-35(41)31-46-44(48)22-11-24-55-46)28-39(30-40)49-42-20-8-6-17-36(42)32-47-45(49)23-12-25-56-47/h1-32H. The molecule has 0 unspecified atom stereocenters. The summed E-state index contributed by atoms with van der Waals surface area (Å²) in [4.78, 5) is 30.6. The van der Waals surface area contributed by atoms with Crippen molar-refractivity contribution in [1.29, 1.82) is 0 Å². The van der Waals surface area contributed by atoms with Crippen molar-refractivity contribution in [1.82, 2.24) is 29.9 Å². The lowest BCUT2D eigenvalue weighted by molar-refractivity contribution is 1.08. The molecule has 0 fully saturated rings. The molecule has 0 aliphatic heterocycles. The number of aromatic nitrogens is 6. The number of hydrogen-bond donors (Lipinski definition) is 0. The normalized spacial score (nSPS) is 11.7. The van der Waals surface area contributed by atoms with Crippen LogP contribution in [0.15, 0.2) is 195 Å². The van der Waals surface area contributed by atoms with Crippen LogP contribution in [-0.4, -0.2) is 29.9 Å². The zero-order valence-electron chi connectivity index (χ0n) is 32.2. The molecule has 0 saturated heterocycles. The first-order valence-electron chi connectivity index (χ1n) is 20.0. The minimum Gasteiger partial charge on any atom is -0.256 e. The molecule has 0 N–H and O–H groups in total. The van der Waals surface area contributed by atoms with Crippen LogP contribution in [0.1, 0.15) is 0 Å². The number of rotatable bonds is 5. The van der Waals surface area contributed by atoms with Crippen LogP contribution in [0.2, 0.25) is 0 Å². The van der Waals surface area contributed by atoms with Gasteiger partial charge in [0.1, 0.15) is 0 Å². The highest BCUT2D eigenvalue weighted by molar-refractivity contribution is 6.15. The van der Waals surface area contributed by atoms with Gasteiger partial charge in [-0.2, -0.15) is 0 Å². The number of nitrogens with zero attached hydrogens (tertiary/aromatic N) is 6. The average Bonchev–Trinajstić information content (AvgIpc) is 3.31. The fourth-order valence-corrected chi connectivity index (χ4v) is 8.89. The van der Waals surface area contributed by atoms with E-state index in [2.05, 4.69) is 140 Å². The van der Waals surface area contributed by atoms with Gasteiger partial charge >= 0.3 is 0 Å². The van der Waals surface area contributed by atoms with Crippen molar-refractivity contribution in [2.45, 2.75) is 0 Å². The van der Waals surface area contributed by atoms with Gasteiger partial charge in [-0.15, -0.1) is 0 Å². The zero-order valence-corrected chi connectivity index (χ0v) is 32.2. The highest BCUT2D eigenvalue weighted by atomic mass is 15.0. The summed E-state index contributed by atoms with van der Waals surface area (Å²) in [6, 6.07) is 61.4. The van der Waals surface area contributed by atoms with E-state index in [0.29, 0.717) is 17.5 Å². The lowest BCUT2D eigenvalue weighted by Gasteiger charge is -2.17. The molecule has 6 heteroatoms. The summed E-state index contributed by atoms with van der Waals surface area (Å²) >= 11 is 0. The van der Waals surface area contributed by atoms with Gasteiger partial charge in [-0.3, -0.25) is 15.0 Å². The van der Waals surface area contributed by atoms with E-state index in [-0.39, 0.29) is 0 Å². The molecule has 4 aromatic heterocycles. The van der Waals surface area contributed by atoms with Crippen molar-refractivity contribution in [3.63, 3.8) is 0 Å². The molecule has 12 rings (SSSR count). The lowest BCUT2D eigenvalue weighted by Crippen LogP contribution is -2.02. The second-order valence-corrected chi connectivity index (χ2v) is 15.1. The summed E-state index contributed by atoms with van der Waals surface area (Å²) in [5.74, 6) is 1.70. The van der Waals surface area contributed by atoms with E-state index in [1.165, 1.54) is 0 Å². The third-order valence-electron chi connectivity index (χ3n) is 11.5. The Labute approximate surface area is 344 Å². The van der Waals surface area contributed by atoms with E-state index < -0.39 is 0 Å². The van der Waals surface area contributed by atoms with Crippen molar-refractivity contribution in [3.05, 3.63) is 195 Å². The monoisotopic (exact) mass is 764 g/mol. The van der Waals surface area contributed by atoms with Gasteiger partial charge in [0, 0.05) is 45.9 Å². The topological polar surface area (TPSA) is 77.3 Å². The summed E-state index contributed by atoms with van der Waals surface area (Å²) in [6.07, 6.45) is 5.56. The van der Waals surface area contributed by atoms with Crippen LogP contribution < -0.4 is 0 Å². The van der Waals surface area contributed by atoms with Crippen molar-refractivity contribution >= 4 is 65.0 Å². The van der Waals surface area contributed by atoms with Crippen molar-refractivity contribution in [2.24, 2.45) is 0 Å². The largest absolute Gasteiger partial charge is 0.256 e. The van der Waals surface area contributed by atoms with Gasteiger partial charge < -0.3 is 0 Å². The molecule has 0 spiro atoms. The SMILES string of the molecule is c1ccc(-c2nc(-c3cc(-c4c5ccccc5cc5ncccc45)cc(-c4c5ccccc5cc5ncccc45)c3)nc(-c3c4ccccc4cc4cccnc34)n2)cc1. The summed E-state index contributed by atoms with van der Waals surface area (Å²) in [5, 5.41) is 9.79. The molecule has 60 heavy (non-hydrogen) atoms. The number of pyridine rings is 3. The summed E-state index contributed by atoms with van der Waals surface area (Å²) in [6.45, 7) is 0. The third kappa shape index (κ3) is 5.57. The maximum absolute atomic E-state index is 5.43. The van der Waals surface area contributed by atoms with Crippen LogP contribution >= 0.6 is 0 Å². The Bertz CT molecular complexity index is 3380. The molecule has 8 aromatic carbocycles. The maximum Gasteiger partial charge on any atom is 0.166 e. The van der Waals surface area contributed by atoms with Crippen LogP contribution in [0.5, 0.6) is 0 Å². The maximum atomic E-state index is 5.43. The van der Waals surface area contributed by atoms with Gasteiger partial charge in [-0.25, -0.2) is 15.0 Å². The molecule has 278 valence electrons. The van der Waals surface area contributed by atoms with Gasteiger partial charge in [0.2, 0.25) is 0 Å². The molecule has 6 nitrogen and oxygen atoms in total. The van der Waals surface area contributed by atoms with Gasteiger partial charge in [0.25, 0.3) is 0 Å². The summed E-state index contributed by atoms with van der Waals surface area (Å²) < 4.78 is 0. The van der Waals surface area contributed by atoms with Crippen LogP contribution in [-0.2, 0) is 0 Å². The number of benzene rings is 8. The smallest absolute Gasteiger partial charge is 0.166 e. The van der Waals surface area contributed by atoms with Crippen LogP contribution in [0.3, 0.4) is 0 Å². The van der Waals surface area contributed by atoms with Crippen LogP contribution in [0.25, 0.3) is 121 Å². The molecule has 12 aromatic rings. The molecule has 0 bridgehead atoms. The zero-order chi connectivity index (χ0) is 39.6. The molecule has 0 atom stereocenters. The average molecular weight is 765 g/mol. The Morgan fingerprint density at radius 1 is 0.267 bits per heavy atom. The summed E-state index contributed by atoms with van der Waals surface area (Å²) in [7, 11) is 0. The minimum absolute atomic E-state index is 0.560. The Kier molecular flexibility index (Phi) is 7.74. The molecule has 4 heterocycles. The molecular weight excluding hydrogens is 733 g/mol. The second-order valence-electron chi connectivity index (χ2n) is 15.1. The highest BCUT2D eigenvalue weighted by Gasteiger charge is 2.21. The van der Waals surface area contributed by atoms with E-state index in [0.717, 1.165) is 104 Å². The fourth-order valence-electron chi connectivity index (χ4n) is 8.89. The lowest BCUT2D eigenvalue weighted by atomic mass is 9.88. The first kappa shape index (κ1) is 33.9.